The molecule has 0 saturated carbocycles. The molecule has 0 unspecified atom stereocenters. The summed E-state index contributed by atoms with van der Waals surface area (Å²) in [7, 11) is 1.68. The van der Waals surface area contributed by atoms with Gasteiger partial charge in [0, 0.05) is 13.7 Å². The van der Waals surface area contributed by atoms with Crippen molar-refractivity contribution >= 4 is 5.96 Å². The van der Waals surface area contributed by atoms with Crippen molar-refractivity contribution in [1.29, 1.82) is 0 Å². The van der Waals surface area contributed by atoms with Crippen molar-refractivity contribution < 1.29 is 4.74 Å². The van der Waals surface area contributed by atoms with E-state index in [0.717, 1.165) is 12.5 Å². The van der Waals surface area contributed by atoms with Crippen molar-refractivity contribution in [2.75, 3.05) is 26.7 Å². The lowest BCUT2D eigenvalue weighted by molar-refractivity contribution is 0.0311. The summed E-state index contributed by atoms with van der Waals surface area (Å²) in [6.07, 6.45) is 5.16. The van der Waals surface area contributed by atoms with E-state index in [1.54, 1.807) is 7.11 Å². The second kappa shape index (κ2) is 7.13. The first-order chi connectivity index (χ1) is 7.05. The lowest BCUT2D eigenvalue weighted by Gasteiger charge is -2.21. The molecule has 0 bridgehead atoms. The molecule has 0 aromatic rings. The number of hydrogen-bond donors (Lipinski definition) is 2. The van der Waals surface area contributed by atoms with Gasteiger partial charge in [-0.3, -0.25) is 4.99 Å². The first-order valence-electron chi connectivity index (χ1n) is 5.06. The molecule has 0 fully saturated rings. The van der Waals surface area contributed by atoms with Gasteiger partial charge in [-0.15, -0.1) is 6.42 Å². The average Bonchev–Trinajstić information content (AvgIpc) is 2.22. The summed E-state index contributed by atoms with van der Waals surface area (Å²) >= 11 is 0. The van der Waals surface area contributed by atoms with Gasteiger partial charge >= 0.3 is 0 Å². The maximum Gasteiger partial charge on any atom is 0.192 e. The minimum Gasteiger partial charge on any atom is -0.377 e. The summed E-state index contributed by atoms with van der Waals surface area (Å²) in [6, 6.07) is 0. The fourth-order valence-electron chi connectivity index (χ4n) is 0.810. The number of nitrogens with one attached hydrogen (secondary N) is 2. The molecule has 0 amide bonds. The molecule has 0 radical (unpaired) electrons. The molecule has 0 aromatic carbocycles. The van der Waals surface area contributed by atoms with Crippen LogP contribution in [-0.2, 0) is 4.74 Å². The summed E-state index contributed by atoms with van der Waals surface area (Å²) < 4.78 is 5.27. The number of terminal acetylenes is 1. The van der Waals surface area contributed by atoms with Crippen molar-refractivity contribution in [3.63, 3.8) is 0 Å². The first-order valence-corrected chi connectivity index (χ1v) is 5.06. The quantitative estimate of drug-likeness (QED) is 0.398. The van der Waals surface area contributed by atoms with Gasteiger partial charge in [0.2, 0.25) is 0 Å². The summed E-state index contributed by atoms with van der Waals surface area (Å²) in [5.74, 6) is 3.23. The number of guanidine groups is 1. The Hall–Kier alpha value is -1.21. The molecule has 4 heteroatoms. The predicted molar refractivity (Wildman–Crippen MR) is 63.9 cm³/mol. The molecule has 4 nitrogen and oxygen atoms in total. The standard InChI is InChI=1S/C11H21N3O/c1-6-8-13-10(12-7-2)14-9-11(3,4)15-5/h1H,7-9H2,2-5H3,(H2,12,13,14). The van der Waals surface area contributed by atoms with Crippen molar-refractivity contribution in [2.45, 2.75) is 26.4 Å². The second-order valence-electron chi connectivity index (χ2n) is 3.72. The third kappa shape index (κ3) is 6.81. The maximum atomic E-state index is 5.27. The van der Waals surface area contributed by atoms with Crippen LogP contribution in [0.1, 0.15) is 20.8 Å². The minimum atomic E-state index is -0.251. The van der Waals surface area contributed by atoms with Crippen LogP contribution >= 0.6 is 0 Å². The number of rotatable bonds is 5. The van der Waals surface area contributed by atoms with Crippen molar-refractivity contribution in [2.24, 2.45) is 4.99 Å². The van der Waals surface area contributed by atoms with E-state index in [-0.39, 0.29) is 5.60 Å². The molecule has 15 heavy (non-hydrogen) atoms. The van der Waals surface area contributed by atoms with Gasteiger partial charge in [-0.2, -0.15) is 0 Å². The summed E-state index contributed by atoms with van der Waals surface area (Å²) in [5.41, 5.74) is -0.251. The Morgan fingerprint density at radius 2 is 2.13 bits per heavy atom. The molecule has 0 aliphatic rings. The summed E-state index contributed by atoms with van der Waals surface area (Å²) in [6.45, 7) is 7.85. The molecule has 0 rings (SSSR count). The summed E-state index contributed by atoms with van der Waals surface area (Å²) in [4.78, 5) is 4.37. The zero-order chi connectivity index (χ0) is 11.7. The van der Waals surface area contributed by atoms with Crippen molar-refractivity contribution in [3.8, 4) is 12.3 Å². The molecular formula is C11H21N3O. The molecule has 2 N–H and O–H groups in total. The van der Waals surface area contributed by atoms with E-state index < -0.39 is 0 Å². The van der Waals surface area contributed by atoms with Gasteiger partial charge in [0.25, 0.3) is 0 Å². The number of methoxy groups -OCH3 is 1. The van der Waals surface area contributed by atoms with Gasteiger partial charge < -0.3 is 15.4 Å². The number of hydrogen-bond acceptors (Lipinski definition) is 2. The van der Waals surface area contributed by atoms with Crippen LogP contribution in [0.3, 0.4) is 0 Å². The van der Waals surface area contributed by atoms with Crippen LogP contribution in [0.5, 0.6) is 0 Å². The highest BCUT2D eigenvalue weighted by Crippen LogP contribution is 2.06. The van der Waals surface area contributed by atoms with Gasteiger partial charge in [0.1, 0.15) is 0 Å². The van der Waals surface area contributed by atoms with Crippen LogP contribution in [-0.4, -0.2) is 38.3 Å². The molecule has 0 heterocycles. The van der Waals surface area contributed by atoms with E-state index in [1.165, 1.54) is 0 Å². The van der Waals surface area contributed by atoms with E-state index >= 15 is 0 Å². The van der Waals surface area contributed by atoms with Crippen LogP contribution in [0.25, 0.3) is 0 Å². The third-order valence-corrected chi connectivity index (χ3v) is 1.87. The van der Waals surface area contributed by atoms with Crippen LogP contribution < -0.4 is 10.6 Å². The molecular weight excluding hydrogens is 190 g/mol. The SMILES string of the molecule is C#CCNC(=NCC(C)(C)OC)NCC. The molecule has 0 aliphatic carbocycles. The van der Waals surface area contributed by atoms with Gasteiger partial charge in [-0.05, 0) is 20.8 Å². The normalized spacial score (nSPS) is 12.1. The monoisotopic (exact) mass is 211 g/mol. The molecule has 0 spiro atoms. The second-order valence-corrected chi connectivity index (χ2v) is 3.72. The van der Waals surface area contributed by atoms with Crippen LogP contribution in [0.4, 0.5) is 0 Å². The number of nitrogens with zero attached hydrogens (tertiary/aromatic N) is 1. The number of ether oxygens (including phenoxy) is 1. The lowest BCUT2D eigenvalue weighted by atomic mass is 10.1. The zero-order valence-electron chi connectivity index (χ0n) is 10.1. The number of aliphatic imine (C=N–C) groups is 1. The summed E-state index contributed by atoms with van der Waals surface area (Å²) in [5, 5.41) is 6.12. The van der Waals surface area contributed by atoms with E-state index in [2.05, 4.69) is 21.5 Å². The Kier molecular flexibility index (Phi) is 6.56. The molecule has 0 aromatic heterocycles. The van der Waals surface area contributed by atoms with Crippen molar-refractivity contribution in [3.05, 3.63) is 0 Å². The van der Waals surface area contributed by atoms with Crippen LogP contribution in [0.15, 0.2) is 4.99 Å². The van der Waals surface area contributed by atoms with E-state index in [0.29, 0.717) is 13.1 Å². The first kappa shape index (κ1) is 13.8. The van der Waals surface area contributed by atoms with Gasteiger partial charge in [0.15, 0.2) is 5.96 Å². The Morgan fingerprint density at radius 3 is 2.60 bits per heavy atom. The largest absolute Gasteiger partial charge is 0.377 e. The Bertz CT molecular complexity index is 241. The topological polar surface area (TPSA) is 45.7 Å². The van der Waals surface area contributed by atoms with E-state index in [4.69, 9.17) is 11.2 Å². The van der Waals surface area contributed by atoms with Crippen LogP contribution in [0.2, 0.25) is 0 Å². The smallest absolute Gasteiger partial charge is 0.192 e. The van der Waals surface area contributed by atoms with E-state index in [1.807, 2.05) is 20.8 Å². The highest BCUT2D eigenvalue weighted by molar-refractivity contribution is 5.80. The average molecular weight is 211 g/mol. The third-order valence-electron chi connectivity index (χ3n) is 1.87. The molecule has 86 valence electrons. The maximum absolute atomic E-state index is 5.27. The zero-order valence-corrected chi connectivity index (χ0v) is 10.1. The Balaban J connectivity index is 4.22. The van der Waals surface area contributed by atoms with Gasteiger partial charge in [-0.1, -0.05) is 5.92 Å². The predicted octanol–water partition coefficient (Wildman–Crippen LogP) is 0.600. The van der Waals surface area contributed by atoms with E-state index in [9.17, 15) is 0 Å². The highest BCUT2D eigenvalue weighted by atomic mass is 16.5. The molecule has 0 atom stereocenters. The molecule has 0 saturated heterocycles. The highest BCUT2D eigenvalue weighted by Gasteiger charge is 2.15. The van der Waals surface area contributed by atoms with Crippen molar-refractivity contribution in [1.82, 2.24) is 10.6 Å². The molecule has 0 aliphatic heterocycles. The lowest BCUT2D eigenvalue weighted by Crippen LogP contribution is -2.39. The fourth-order valence-corrected chi connectivity index (χ4v) is 0.810. The van der Waals surface area contributed by atoms with Crippen LogP contribution in [0, 0.1) is 12.3 Å². The Labute approximate surface area is 92.5 Å². The van der Waals surface area contributed by atoms with Gasteiger partial charge in [-0.25, -0.2) is 0 Å². The minimum absolute atomic E-state index is 0.251. The van der Waals surface area contributed by atoms with Gasteiger partial charge in [0.05, 0.1) is 18.7 Å². The Morgan fingerprint density at radius 1 is 1.47 bits per heavy atom. The fraction of sp³-hybridized carbons (Fsp3) is 0.727.